The van der Waals surface area contributed by atoms with Gasteiger partial charge in [-0.2, -0.15) is 0 Å². The van der Waals surface area contributed by atoms with E-state index in [1.165, 1.54) is 0 Å². The van der Waals surface area contributed by atoms with Crippen molar-refractivity contribution in [3.63, 3.8) is 0 Å². The van der Waals surface area contributed by atoms with Gasteiger partial charge in [0.25, 0.3) is 0 Å². The van der Waals surface area contributed by atoms with Crippen molar-refractivity contribution in [2.75, 3.05) is 26.2 Å². The van der Waals surface area contributed by atoms with Crippen LogP contribution in [0.25, 0.3) is 0 Å². The van der Waals surface area contributed by atoms with Crippen LogP contribution in [0.3, 0.4) is 0 Å². The van der Waals surface area contributed by atoms with E-state index in [2.05, 4.69) is 10.6 Å². The summed E-state index contributed by atoms with van der Waals surface area (Å²) in [6.07, 6.45) is -0.213. The Balaban J connectivity index is 0.00000385. The van der Waals surface area contributed by atoms with Crippen LogP contribution in [-0.4, -0.2) is 54.7 Å². The molecule has 2 aromatic carbocycles. The Labute approximate surface area is 191 Å². The first-order valence-electron chi connectivity index (χ1n) is 11.0. The van der Waals surface area contributed by atoms with Crippen molar-refractivity contribution in [2.24, 2.45) is 0 Å². The molecule has 7 nitrogen and oxygen atoms in total. The summed E-state index contributed by atoms with van der Waals surface area (Å²) in [6, 6.07) is 16.9. The third-order valence-corrected chi connectivity index (χ3v) is 5.03. The van der Waals surface area contributed by atoms with E-state index in [-0.39, 0.29) is 7.33 Å². The number of alkyl carbamates (subject to hydrolysis) is 1. The van der Waals surface area contributed by atoms with E-state index in [0.29, 0.717) is 26.1 Å². The topological polar surface area (TPSA) is 79.9 Å². The number of carbonyl (C=O) groups excluding carboxylic acids is 2. The number of benzene rings is 2. The van der Waals surface area contributed by atoms with Gasteiger partial charge < -0.3 is 25.0 Å². The Kier molecular flexibility index (Phi) is 8.11. The van der Waals surface area contributed by atoms with Gasteiger partial charge in [0.15, 0.2) is 0 Å². The van der Waals surface area contributed by atoms with E-state index >= 15 is 0 Å². The number of nitrogens with zero attached hydrogens (tertiary/aromatic N) is 1. The normalized spacial score (nSPS) is 15.0. The summed E-state index contributed by atoms with van der Waals surface area (Å²) >= 11 is 0. The highest BCUT2D eigenvalue weighted by Crippen LogP contribution is 2.16. The minimum atomic E-state index is -0.695. The van der Waals surface area contributed by atoms with Crippen LogP contribution >= 0.6 is 0 Å². The van der Waals surface area contributed by atoms with Gasteiger partial charge in [0.05, 0.1) is 0 Å². The van der Waals surface area contributed by atoms with Crippen molar-refractivity contribution < 1.29 is 20.5 Å². The molecule has 0 saturated carbocycles. The molecule has 0 aromatic heterocycles. The molecule has 0 aliphatic carbocycles. The molecule has 1 aliphatic rings. The summed E-state index contributed by atoms with van der Waals surface area (Å²) in [7, 11) is 0. The van der Waals surface area contributed by atoms with Crippen molar-refractivity contribution in [1.29, 1.82) is 0 Å². The van der Waals surface area contributed by atoms with Crippen molar-refractivity contribution in [3.8, 4) is 5.75 Å². The van der Waals surface area contributed by atoms with E-state index in [9.17, 15) is 9.59 Å². The van der Waals surface area contributed by atoms with Gasteiger partial charge >= 0.3 is 6.09 Å². The fraction of sp³-hybridized carbons (Fsp3) is 0.440. The highest BCUT2D eigenvalue weighted by Gasteiger charge is 2.29. The lowest BCUT2D eigenvalue weighted by Gasteiger charge is -2.31. The molecule has 0 spiro atoms. The predicted octanol–water partition coefficient (Wildman–Crippen LogP) is 3.38. The van der Waals surface area contributed by atoms with Gasteiger partial charge in [0.2, 0.25) is 5.91 Å². The number of rotatable bonds is 7. The summed E-state index contributed by atoms with van der Waals surface area (Å²) in [5.74, 6) is 0.657. The minimum Gasteiger partial charge on any atom is -0.489 e. The van der Waals surface area contributed by atoms with Gasteiger partial charge in [-0.15, -0.1) is 0 Å². The maximum atomic E-state index is 13.1. The number of ether oxygens (including phenoxy) is 2. The molecule has 2 aromatic rings. The molecule has 1 aliphatic heterocycles. The fourth-order valence-corrected chi connectivity index (χ4v) is 3.45. The molecule has 0 unspecified atom stereocenters. The third kappa shape index (κ3) is 7.57. The minimum absolute atomic E-state index is 0. The molecule has 1 fully saturated rings. The van der Waals surface area contributed by atoms with Gasteiger partial charge in [-0.1, -0.05) is 42.5 Å². The molecular formula is C25H35N3O4. The molecule has 7 heteroatoms. The van der Waals surface area contributed by atoms with Crippen LogP contribution in [0.1, 0.15) is 33.3 Å². The number of hydrogen-bond donors (Lipinski definition) is 2. The number of piperazine rings is 1. The number of amides is 2. The van der Waals surface area contributed by atoms with Crippen LogP contribution < -0.4 is 15.4 Å². The van der Waals surface area contributed by atoms with Crippen LogP contribution in [-0.2, 0) is 22.6 Å². The molecule has 1 atom stereocenters. The zero-order valence-electron chi connectivity index (χ0n) is 19.1. The van der Waals surface area contributed by atoms with E-state index < -0.39 is 17.7 Å². The summed E-state index contributed by atoms with van der Waals surface area (Å²) < 4.78 is 11.2. The lowest BCUT2D eigenvalue weighted by molar-refractivity contribution is -0.134. The summed E-state index contributed by atoms with van der Waals surface area (Å²) in [6.45, 7) is 8.63. The van der Waals surface area contributed by atoms with Gasteiger partial charge in [0, 0.05) is 34.0 Å². The van der Waals surface area contributed by atoms with Gasteiger partial charge in [-0.3, -0.25) is 4.79 Å². The Bertz CT molecular complexity index is 879. The van der Waals surface area contributed by atoms with Crippen molar-refractivity contribution >= 4 is 12.0 Å². The predicted molar refractivity (Wildman–Crippen MR) is 126 cm³/mol. The quantitative estimate of drug-likeness (QED) is 0.689. The van der Waals surface area contributed by atoms with Gasteiger partial charge in [-0.25, -0.2) is 4.79 Å². The zero-order chi connectivity index (χ0) is 23.0. The average molecular weight is 442 g/mol. The second-order valence-corrected chi connectivity index (χ2v) is 8.90. The smallest absolute Gasteiger partial charge is 0.408 e. The largest absolute Gasteiger partial charge is 0.489 e. The SMILES string of the molecule is CC(C)(C)OC(=O)N[C@@H](Cc1ccc(OCc2ccccc2)cc1)C(=O)N1CCNCC1.[HH]. The molecule has 3 rings (SSSR count). The summed E-state index contributed by atoms with van der Waals surface area (Å²) in [4.78, 5) is 27.3. The van der Waals surface area contributed by atoms with Crippen molar-refractivity contribution in [3.05, 3.63) is 65.7 Å². The first kappa shape index (κ1) is 23.6. The third-order valence-electron chi connectivity index (χ3n) is 5.03. The molecule has 2 amide bonds. The first-order chi connectivity index (χ1) is 15.3. The van der Waals surface area contributed by atoms with Crippen molar-refractivity contribution in [2.45, 2.75) is 45.4 Å². The molecule has 0 radical (unpaired) electrons. The Morgan fingerprint density at radius 3 is 2.31 bits per heavy atom. The van der Waals surface area contributed by atoms with E-state index in [1.54, 1.807) is 25.7 Å². The maximum Gasteiger partial charge on any atom is 0.408 e. The Hall–Kier alpha value is -3.06. The Morgan fingerprint density at radius 2 is 1.69 bits per heavy atom. The fourth-order valence-electron chi connectivity index (χ4n) is 3.45. The highest BCUT2D eigenvalue weighted by molar-refractivity contribution is 5.86. The lowest BCUT2D eigenvalue weighted by atomic mass is 10.0. The van der Waals surface area contributed by atoms with Crippen LogP contribution in [0.15, 0.2) is 54.6 Å². The first-order valence-corrected chi connectivity index (χ1v) is 11.0. The number of nitrogens with one attached hydrogen (secondary N) is 2. The average Bonchev–Trinajstić information content (AvgIpc) is 2.78. The van der Waals surface area contributed by atoms with E-state index in [0.717, 1.165) is 30.0 Å². The van der Waals surface area contributed by atoms with Crippen LogP contribution in [0, 0.1) is 0 Å². The van der Waals surface area contributed by atoms with Gasteiger partial charge in [0.1, 0.15) is 24.0 Å². The number of carbonyl (C=O) groups is 2. The summed E-state index contributed by atoms with van der Waals surface area (Å²) in [5, 5.41) is 6.02. The molecule has 2 N–H and O–H groups in total. The second-order valence-electron chi connectivity index (χ2n) is 8.90. The van der Waals surface area contributed by atoms with E-state index in [4.69, 9.17) is 9.47 Å². The molecule has 32 heavy (non-hydrogen) atoms. The standard InChI is InChI=1S/C25H33N3O4.H2/c1-25(2,3)32-24(30)27-22(23(29)28-15-13-26-14-16-28)17-19-9-11-21(12-10-19)31-18-20-7-5-4-6-8-20;/h4-12,22,26H,13-18H2,1-3H3,(H,27,30);1H/t22-;/m0./s1. The van der Waals surface area contributed by atoms with Crippen molar-refractivity contribution in [1.82, 2.24) is 15.5 Å². The molecular weight excluding hydrogens is 406 g/mol. The second kappa shape index (κ2) is 11.0. The zero-order valence-corrected chi connectivity index (χ0v) is 19.1. The monoisotopic (exact) mass is 441 g/mol. The lowest BCUT2D eigenvalue weighted by Crippen LogP contribution is -2.55. The van der Waals surface area contributed by atoms with E-state index in [1.807, 2.05) is 54.6 Å². The van der Waals surface area contributed by atoms with Crippen LogP contribution in [0.5, 0.6) is 5.75 Å². The molecule has 174 valence electrons. The summed E-state index contributed by atoms with van der Waals surface area (Å²) in [5.41, 5.74) is 1.39. The maximum absolute atomic E-state index is 13.1. The highest BCUT2D eigenvalue weighted by atomic mass is 16.6. The van der Waals surface area contributed by atoms with Gasteiger partial charge in [-0.05, 0) is 44.0 Å². The Morgan fingerprint density at radius 1 is 1.03 bits per heavy atom. The molecule has 0 bridgehead atoms. The van der Waals surface area contributed by atoms with Crippen LogP contribution in [0.2, 0.25) is 0 Å². The number of hydrogen-bond acceptors (Lipinski definition) is 5. The van der Waals surface area contributed by atoms with Crippen LogP contribution in [0.4, 0.5) is 4.79 Å². The molecule has 1 saturated heterocycles. The molecule has 1 heterocycles.